The fourth-order valence-electron chi connectivity index (χ4n) is 0.0671. The van der Waals surface area contributed by atoms with Crippen molar-refractivity contribution in [2.45, 2.75) is 0 Å². The molecular weight excluding hydrogens is 188 g/mol. The molecule has 0 spiro atoms. The Labute approximate surface area is 132 Å². The van der Waals surface area contributed by atoms with E-state index < -0.39 is 6.16 Å². The van der Waals surface area contributed by atoms with E-state index in [1.54, 1.807) is 9.47 Å². The zero-order chi connectivity index (χ0) is 5.70. The monoisotopic (exact) mass is 194 g/mol. The standard InChI is InChI=1S/C2H3O4P.3Na.3H/c3-1-5-2(4)6-7;;;;;;/h1H,7H2;;;;;;/q;3*+1;3*-1. The van der Waals surface area contributed by atoms with Crippen LogP contribution in [-0.4, -0.2) is 12.6 Å². The molecule has 0 bridgehead atoms. The molecule has 0 aliphatic heterocycles. The van der Waals surface area contributed by atoms with Crippen LogP contribution >= 0.6 is 9.47 Å². The molecule has 0 heterocycles. The van der Waals surface area contributed by atoms with Crippen molar-refractivity contribution in [1.82, 2.24) is 0 Å². The Hall–Kier alpha value is 2.37. The van der Waals surface area contributed by atoms with Crippen molar-refractivity contribution in [2.24, 2.45) is 0 Å². The average Bonchev–Trinajstić information content (AvgIpc) is 1.68. The second kappa shape index (κ2) is 17.5. The van der Waals surface area contributed by atoms with Crippen LogP contribution in [-0.2, 0) is 14.1 Å². The first-order valence-corrected chi connectivity index (χ1v) is 1.79. The summed E-state index contributed by atoms with van der Waals surface area (Å²) in [6.07, 6.45) is -1.03. The third-order valence-corrected chi connectivity index (χ3v) is 0.433. The number of hydrogen-bond acceptors (Lipinski definition) is 4. The Morgan fingerprint density at radius 2 is 1.80 bits per heavy atom. The summed E-state index contributed by atoms with van der Waals surface area (Å²) in [6.45, 7) is -0.00755. The van der Waals surface area contributed by atoms with Crippen LogP contribution in [0.15, 0.2) is 0 Å². The maximum Gasteiger partial charge on any atom is 1.00 e. The van der Waals surface area contributed by atoms with Crippen LogP contribution in [0.5, 0.6) is 0 Å². The van der Waals surface area contributed by atoms with Crippen molar-refractivity contribution in [1.29, 1.82) is 0 Å². The summed E-state index contributed by atoms with van der Waals surface area (Å²) in [5.74, 6) is 0. The largest absolute Gasteiger partial charge is 1.00 e. The van der Waals surface area contributed by atoms with Crippen LogP contribution in [0, 0.1) is 0 Å². The zero-order valence-electron chi connectivity index (χ0n) is 9.29. The van der Waals surface area contributed by atoms with Gasteiger partial charge in [-0.2, -0.15) is 0 Å². The molecule has 10 heavy (non-hydrogen) atoms. The van der Waals surface area contributed by atoms with Gasteiger partial charge in [-0.25, -0.2) is 4.79 Å². The predicted molar refractivity (Wildman–Crippen MR) is 26.7 cm³/mol. The Balaban J connectivity index is -0.0000000120. The Morgan fingerprint density at radius 3 is 1.90 bits per heavy atom. The molecule has 0 N–H and O–H groups in total. The van der Waals surface area contributed by atoms with E-state index >= 15 is 0 Å². The molecule has 0 aliphatic carbocycles. The molecule has 0 rings (SSSR count). The van der Waals surface area contributed by atoms with E-state index in [-0.39, 0.29) is 99.4 Å². The van der Waals surface area contributed by atoms with Gasteiger partial charge >= 0.3 is 101 Å². The van der Waals surface area contributed by atoms with Gasteiger partial charge in [-0.3, -0.25) is 4.79 Å². The molecule has 0 fully saturated rings. The molecule has 0 radical (unpaired) electrons. The smallest absolute Gasteiger partial charge is 1.00 e. The van der Waals surface area contributed by atoms with Crippen LogP contribution in [0.25, 0.3) is 0 Å². The fourth-order valence-corrected chi connectivity index (χ4v) is 0.123. The first kappa shape index (κ1) is 22.8. The molecule has 0 amide bonds. The second-order valence-corrected chi connectivity index (χ2v) is 0.818. The summed E-state index contributed by atoms with van der Waals surface area (Å²) in [7, 11) is 1.63. The molecule has 8 heteroatoms. The quantitative estimate of drug-likeness (QED) is 0.137. The van der Waals surface area contributed by atoms with Crippen molar-refractivity contribution < 1.29 is 112 Å². The van der Waals surface area contributed by atoms with Crippen LogP contribution in [0.1, 0.15) is 4.28 Å². The molecule has 46 valence electrons. The van der Waals surface area contributed by atoms with E-state index in [0.29, 0.717) is 0 Å². The molecule has 0 saturated carbocycles. The van der Waals surface area contributed by atoms with Crippen LogP contribution in [0.4, 0.5) is 4.79 Å². The number of hydrogen-bond donors (Lipinski definition) is 0. The van der Waals surface area contributed by atoms with E-state index in [2.05, 4.69) is 9.26 Å². The first-order chi connectivity index (χ1) is 3.31. The van der Waals surface area contributed by atoms with Crippen LogP contribution < -0.4 is 88.7 Å². The number of carbonyl (C=O) groups excluding carboxylic acids is 2. The minimum Gasteiger partial charge on any atom is -1.00 e. The maximum atomic E-state index is 9.72. The first-order valence-electron chi connectivity index (χ1n) is 1.32. The second-order valence-electron chi connectivity index (χ2n) is 0.582. The van der Waals surface area contributed by atoms with Gasteiger partial charge in [-0.15, -0.1) is 0 Å². The van der Waals surface area contributed by atoms with Gasteiger partial charge in [-0.1, -0.05) is 0 Å². The molecule has 0 aromatic rings. The minimum absolute atomic E-state index is 0. The molecule has 0 aromatic carbocycles. The van der Waals surface area contributed by atoms with E-state index in [0.717, 1.165) is 0 Å². The normalized spacial score (nSPS) is 4.90. The van der Waals surface area contributed by atoms with E-state index in [4.69, 9.17) is 0 Å². The minimum atomic E-state index is -1.03. The molecule has 0 saturated heterocycles. The summed E-state index contributed by atoms with van der Waals surface area (Å²) >= 11 is 0. The van der Waals surface area contributed by atoms with Gasteiger partial charge in [0.15, 0.2) is 0 Å². The van der Waals surface area contributed by atoms with E-state index in [1.165, 1.54) is 0 Å². The van der Waals surface area contributed by atoms with Gasteiger partial charge in [-0.05, 0) is 0 Å². The Kier molecular flexibility index (Phi) is 39.8. The third-order valence-electron chi connectivity index (χ3n) is 0.241. The summed E-state index contributed by atoms with van der Waals surface area (Å²) in [6, 6.07) is 0. The molecule has 1 atom stereocenters. The van der Waals surface area contributed by atoms with Gasteiger partial charge in [0, 0.05) is 0 Å². The zero-order valence-corrected chi connectivity index (χ0v) is 13.4. The predicted octanol–water partition coefficient (Wildman–Crippen LogP) is -8.56. The van der Waals surface area contributed by atoms with Crippen molar-refractivity contribution in [2.75, 3.05) is 0 Å². The third kappa shape index (κ3) is 16.8. The summed E-state index contributed by atoms with van der Waals surface area (Å²) in [5.41, 5.74) is 0. The molecular formula is C2H6Na3O4P. The van der Waals surface area contributed by atoms with Crippen molar-refractivity contribution in [3.63, 3.8) is 0 Å². The van der Waals surface area contributed by atoms with Crippen molar-refractivity contribution >= 4 is 22.1 Å². The molecule has 1 unspecified atom stereocenters. The summed E-state index contributed by atoms with van der Waals surface area (Å²) in [5, 5.41) is 0. The van der Waals surface area contributed by atoms with Crippen molar-refractivity contribution in [3.05, 3.63) is 0 Å². The van der Waals surface area contributed by atoms with Crippen LogP contribution in [0.3, 0.4) is 0 Å². The average molecular weight is 194 g/mol. The van der Waals surface area contributed by atoms with Gasteiger partial charge < -0.3 is 13.5 Å². The van der Waals surface area contributed by atoms with E-state index in [1.807, 2.05) is 0 Å². The number of ether oxygens (including phenoxy) is 1. The Bertz CT molecular complexity index is 98.7. The number of carbonyl (C=O) groups is 2. The van der Waals surface area contributed by atoms with Gasteiger partial charge in [0.1, 0.15) is 0 Å². The number of rotatable bonds is 1. The van der Waals surface area contributed by atoms with Crippen LogP contribution in [0.2, 0.25) is 0 Å². The maximum absolute atomic E-state index is 9.72. The van der Waals surface area contributed by atoms with Gasteiger partial charge in [0.05, 0.1) is 9.47 Å². The van der Waals surface area contributed by atoms with Gasteiger partial charge in [0.2, 0.25) is 0 Å². The molecule has 0 aliphatic rings. The van der Waals surface area contributed by atoms with E-state index in [9.17, 15) is 9.59 Å². The topological polar surface area (TPSA) is 52.6 Å². The molecule has 0 aromatic heterocycles. The fraction of sp³-hybridized carbons (Fsp3) is 0. The van der Waals surface area contributed by atoms with Crippen molar-refractivity contribution in [3.8, 4) is 0 Å². The Morgan fingerprint density at radius 1 is 1.40 bits per heavy atom. The summed E-state index contributed by atoms with van der Waals surface area (Å²) in [4.78, 5) is 19.0. The van der Waals surface area contributed by atoms with Gasteiger partial charge in [0.25, 0.3) is 0 Å². The molecule has 4 nitrogen and oxygen atoms in total. The SMILES string of the molecule is O=COC(=O)OP.[H-].[H-].[H-].[Na+].[Na+].[Na+]. The summed E-state index contributed by atoms with van der Waals surface area (Å²) < 4.78 is 7.44.